The quantitative estimate of drug-likeness (QED) is 0.302. The first kappa shape index (κ1) is 31.1. The summed E-state index contributed by atoms with van der Waals surface area (Å²) in [6.45, 7) is 14.0. The van der Waals surface area contributed by atoms with Gasteiger partial charge in [0, 0.05) is 25.2 Å². The highest BCUT2D eigenvalue weighted by Crippen LogP contribution is 2.21. The van der Waals surface area contributed by atoms with Crippen molar-refractivity contribution < 1.29 is 24.6 Å². The molecule has 0 aromatic carbocycles. The van der Waals surface area contributed by atoms with E-state index in [0.717, 1.165) is 25.8 Å². The molecule has 0 aromatic heterocycles. The highest BCUT2D eigenvalue weighted by molar-refractivity contribution is 5.93. The van der Waals surface area contributed by atoms with Crippen LogP contribution < -0.4 is 10.6 Å². The van der Waals surface area contributed by atoms with Gasteiger partial charge in [0.1, 0.15) is 6.04 Å². The molecule has 1 aliphatic rings. The molecule has 1 fully saturated rings. The number of aliphatic hydroxyl groups excluding tert-OH is 2. The summed E-state index contributed by atoms with van der Waals surface area (Å²) in [5.41, 5.74) is 0.411. The smallest absolute Gasteiger partial charge is 0.246 e. The fraction of sp³-hybridized carbons (Fsp3) is 0.808. The highest BCUT2D eigenvalue weighted by atomic mass is 16.3. The standard InChI is InChI=1S/C26H48N4O5/c1-16(2)22(13-19(7)24(33)27-14-20(32)15-31)29(8)26(35)23(17(3)4)28-25(34)21-11-9-10-12-30(21)18(5)6/h13,16-18,20-23,31-32H,9-12,14-15H2,1-8H3,(H,27,33)(H,28,34)/t20-,21+,22+,23-/m0/s1. The molecule has 0 aromatic rings. The maximum absolute atomic E-state index is 13.6. The number of nitrogens with one attached hydrogen (secondary N) is 2. The van der Waals surface area contributed by atoms with E-state index in [9.17, 15) is 19.5 Å². The predicted octanol–water partition coefficient (Wildman–Crippen LogP) is 1.29. The number of hydrogen-bond acceptors (Lipinski definition) is 6. The minimum Gasteiger partial charge on any atom is -0.394 e. The molecule has 4 N–H and O–H groups in total. The van der Waals surface area contributed by atoms with Crippen LogP contribution in [0.5, 0.6) is 0 Å². The second kappa shape index (κ2) is 14.6. The van der Waals surface area contributed by atoms with Crippen molar-refractivity contribution in [2.75, 3.05) is 26.7 Å². The zero-order chi connectivity index (χ0) is 26.9. The number of likely N-dealkylation sites (N-methyl/N-ethyl adjacent to an activating group) is 1. The zero-order valence-electron chi connectivity index (χ0n) is 22.9. The molecular weight excluding hydrogens is 448 g/mol. The molecule has 9 nitrogen and oxygen atoms in total. The van der Waals surface area contributed by atoms with Crippen LogP contribution in [0.1, 0.15) is 67.7 Å². The van der Waals surface area contributed by atoms with Crippen LogP contribution in [0.25, 0.3) is 0 Å². The second-order valence-electron chi connectivity index (χ2n) is 10.7. The molecule has 3 amide bonds. The Morgan fingerprint density at radius 2 is 1.71 bits per heavy atom. The number of aliphatic hydroxyl groups is 2. The number of hydrogen-bond donors (Lipinski definition) is 4. The Hall–Kier alpha value is -1.97. The Kier molecular flexibility index (Phi) is 12.9. The van der Waals surface area contributed by atoms with E-state index in [2.05, 4.69) is 29.4 Å². The lowest BCUT2D eigenvalue weighted by atomic mass is 9.95. The molecule has 1 saturated heterocycles. The number of rotatable bonds is 12. The summed E-state index contributed by atoms with van der Waals surface area (Å²) in [4.78, 5) is 43.1. The van der Waals surface area contributed by atoms with Crippen LogP contribution in [0.2, 0.25) is 0 Å². The summed E-state index contributed by atoms with van der Waals surface area (Å²) in [6.07, 6.45) is 3.58. The molecule has 1 rings (SSSR count). The fourth-order valence-corrected chi connectivity index (χ4v) is 4.48. The minimum absolute atomic E-state index is 0.0213. The normalized spacial score (nSPS) is 20.0. The van der Waals surface area contributed by atoms with Crippen molar-refractivity contribution in [3.63, 3.8) is 0 Å². The van der Waals surface area contributed by atoms with E-state index >= 15 is 0 Å². The van der Waals surface area contributed by atoms with Gasteiger partial charge in [-0.2, -0.15) is 0 Å². The average molecular weight is 497 g/mol. The van der Waals surface area contributed by atoms with E-state index in [0.29, 0.717) is 5.57 Å². The van der Waals surface area contributed by atoms with Gasteiger partial charge in [0.2, 0.25) is 17.7 Å². The maximum atomic E-state index is 13.6. The third-order valence-electron chi connectivity index (χ3n) is 6.71. The van der Waals surface area contributed by atoms with Gasteiger partial charge in [-0.1, -0.05) is 40.2 Å². The lowest BCUT2D eigenvalue weighted by molar-refractivity contribution is -0.140. The molecule has 1 heterocycles. The van der Waals surface area contributed by atoms with Crippen LogP contribution in [-0.4, -0.2) is 94.7 Å². The molecule has 0 radical (unpaired) electrons. The molecule has 0 spiro atoms. The molecule has 4 atom stereocenters. The lowest BCUT2D eigenvalue weighted by Crippen LogP contribution is -2.58. The van der Waals surface area contributed by atoms with Crippen molar-refractivity contribution in [3.8, 4) is 0 Å². The molecule has 35 heavy (non-hydrogen) atoms. The Balaban J connectivity index is 3.02. The molecule has 0 unspecified atom stereocenters. The summed E-state index contributed by atoms with van der Waals surface area (Å²) in [7, 11) is 1.70. The highest BCUT2D eigenvalue weighted by Gasteiger charge is 2.36. The summed E-state index contributed by atoms with van der Waals surface area (Å²) >= 11 is 0. The second-order valence-corrected chi connectivity index (χ2v) is 10.7. The Morgan fingerprint density at radius 1 is 1.09 bits per heavy atom. The number of piperidine rings is 1. The summed E-state index contributed by atoms with van der Waals surface area (Å²) in [6, 6.07) is -1.02. The fourth-order valence-electron chi connectivity index (χ4n) is 4.48. The first-order valence-electron chi connectivity index (χ1n) is 12.9. The SMILES string of the molecule is CC(=C[C@H](C(C)C)N(C)C(=O)[C@@H](NC(=O)[C@H]1CCCCN1C(C)C)C(C)C)C(=O)NC[C@H](O)CO. The molecule has 202 valence electrons. The van der Waals surface area contributed by atoms with Crippen molar-refractivity contribution in [3.05, 3.63) is 11.6 Å². The van der Waals surface area contributed by atoms with Crippen LogP contribution in [-0.2, 0) is 14.4 Å². The van der Waals surface area contributed by atoms with Crippen LogP contribution in [0.15, 0.2) is 11.6 Å². The number of nitrogens with zero attached hydrogens (tertiary/aromatic N) is 2. The van der Waals surface area contributed by atoms with Crippen LogP contribution in [0.4, 0.5) is 0 Å². The largest absolute Gasteiger partial charge is 0.394 e. The molecule has 0 aliphatic carbocycles. The van der Waals surface area contributed by atoms with Gasteiger partial charge in [0.15, 0.2) is 0 Å². The molecule has 9 heteroatoms. The summed E-state index contributed by atoms with van der Waals surface area (Å²) in [5, 5.41) is 24.0. The molecule has 0 bridgehead atoms. The van der Waals surface area contributed by atoms with Gasteiger partial charge in [-0.05, 0) is 52.0 Å². The van der Waals surface area contributed by atoms with Crippen molar-refractivity contribution in [1.29, 1.82) is 0 Å². The van der Waals surface area contributed by atoms with Gasteiger partial charge in [0.05, 0.1) is 24.8 Å². The topological polar surface area (TPSA) is 122 Å². The van der Waals surface area contributed by atoms with Gasteiger partial charge in [0.25, 0.3) is 0 Å². The third kappa shape index (κ3) is 9.20. The third-order valence-corrected chi connectivity index (χ3v) is 6.71. The van der Waals surface area contributed by atoms with Crippen molar-refractivity contribution in [1.82, 2.24) is 20.4 Å². The molecular formula is C26H48N4O5. The number of carbonyl (C=O) groups excluding carboxylic acids is 3. The Morgan fingerprint density at radius 3 is 2.23 bits per heavy atom. The Bertz CT molecular complexity index is 737. The van der Waals surface area contributed by atoms with E-state index < -0.39 is 18.8 Å². The van der Waals surface area contributed by atoms with Crippen LogP contribution in [0.3, 0.4) is 0 Å². The van der Waals surface area contributed by atoms with E-state index in [-0.39, 0.29) is 54.2 Å². The zero-order valence-corrected chi connectivity index (χ0v) is 22.9. The number of carbonyl (C=O) groups is 3. The summed E-state index contributed by atoms with van der Waals surface area (Å²) in [5.74, 6) is -0.754. The number of amides is 3. The van der Waals surface area contributed by atoms with Crippen molar-refractivity contribution in [2.24, 2.45) is 11.8 Å². The van der Waals surface area contributed by atoms with E-state index in [1.165, 1.54) is 0 Å². The maximum Gasteiger partial charge on any atom is 0.246 e. The van der Waals surface area contributed by atoms with E-state index in [4.69, 9.17) is 5.11 Å². The first-order valence-corrected chi connectivity index (χ1v) is 12.9. The molecule has 0 saturated carbocycles. The predicted molar refractivity (Wildman–Crippen MR) is 138 cm³/mol. The van der Waals surface area contributed by atoms with Gasteiger partial charge < -0.3 is 25.7 Å². The minimum atomic E-state index is -1.02. The van der Waals surface area contributed by atoms with E-state index in [1.807, 2.05) is 27.7 Å². The Labute approximate surface area is 211 Å². The van der Waals surface area contributed by atoms with Gasteiger partial charge in [-0.3, -0.25) is 19.3 Å². The first-order chi connectivity index (χ1) is 16.3. The summed E-state index contributed by atoms with van der Waals surface area (Å²) < 4.78 is 0. The van der Waals surface area contributed by atoms with E-state index in [1.54, 1.807) is 24.9 Å². The van der Waals surface area contributed by atoms with Gasteiger partial charge >= 0.3 is 0 Å². The van der Waals surface area contributed by atoms with Crippen LogP contribution in [0, 0.1) is 11.8 Å². The van der Waals surface area contributed by atoms with Crippen molar-refractivity contribution in [2.45, 2.75) is 98.0 Å². The molecule has 1 aliphatic heterocycles. The lowest BCUT2D eigenvalue weighted by Gasteiger charge is -2.39. The average Bonchev–Trinajstić information content (AvgIpc) is 2.82. The monoisotopic (exact) mass is 496 g/mol. The van der Waals surface area contributed by atoms with Crippen LogP contribution >= 0.6 is 0 Å². The van der Waals surface area contributed by atoms with Crippen molar-refractivity contribution >= 4 is 17.7 Å². The number of likely N-dealkylation sites (tertiary alicyclic amines) is 1. The van der Waals surface area contributed by atoms with Gasteiger partial charge in [-0.15, -0.1) is 0 Å². The van der Waals surface area contributed by atoms with Gasteiger partial charge in [-0.25, -0.2) is 0 Å².